The van der Waals surface area contributed by atoms with Crippen LogP contribution in [0, 0.1) is 0 Å². The molecule has 1 N–H and O–H groups in total. The number of rotatable bonds is 5. The monoisotopic (exact) mass is 331 g/mol. The van der Waals surface area contributed by atoms with Crippen molar-refractivity contribution in [2.24, 2.45) is 0 Å². The van der Waals surface area contributed by atoms with E-state index in [2.05, 4.69) is 14.6 Å². The van der Waals surface area contributed by atoms with E-state index < -0.39 is 10.0 Å². The van der Waals surface area contributed by atoms with Gasteiger partial charge in [-0.25, -0.2) is 18.1 Å². The number of anilines is 1. The quantitative estimate of drug-likeness (QED) is 0.912. The second-order valence-corrected chi connectivity index (χ2v) is 7.59. The fourth-order valence-electron chi connectivity index (χ4n) is 2.91. The summed E-state index contributed by atoms with van der Waals surface area (Å²) in [6.07, 6.45) is 3.57. The lowest BCUT2D eigenvalue weighted by atomic mass is 10.1. The van der Waals surface area contributed by atoms with Crippen LogP contribution in [-0.4, -0.2) is 32.5 Å². The Bertz CT molecular complexity index is 720. The Labute approximate surface area is 137 Å². The fraction of sp³-hybridized carbons (Fsp3) is 0.353. The van der Waals surface area contributed by atoms with Gasteiger partial charge in [0.05, 0.1) is 5.75 Å². The first-order valence-electron chi connectivity index (χ1n) is 7.82. The molecule has 1 fully saturated rings. The number of hydrogen-bond acceptors (Lipinski definition) is 4. The number of nitrogens with zero attached hydrogens (tertiary/aromatic N) is 2. The molecule has 0 aliphatic carbocycles. The molecule has 1 aliphatic rings. The highest BCUT2D eigenvalue weighted by Crippen LogP contribution is 2.18. The van der Waals surface area contributed by atoms with E-state index in [1.165, 1.54) is 0 Å². The lowest BCUT2D eigenvalue weighted by Gasteiger charge is -2.33. The van der Waals surface area contributed by atoms with E-state index in [1.807, 2.05) is 48.5 Å². The minimum Gasteiger partial charge on any atom is -0.355 e. The Morgan fingerprint density at radius 2 is 1.91 bits per heavy atom. The van der Waals surface area contributed by atoms with Crippen LogP contribution in [0.3, 0.4) is 0 Å². The largest absolute Gasteiger partial charge is 0.355 e. The van der Waals surface area contributed by atoms with Crippen LogP contribution in [0.4, 0.5) is 5.82 Å². The third-order valence-electron chi connectivity index (χ3n) is 3.94. The summed E-state index contributed by atoms with van der Waals surface area (Å²) in [4.78, 5) is 6.49. The van der Waals surface area contributed by atoms with Crippen LogP contribution < -0.4 is 9.62 Å². The Morgan fingerprint density at radius 1 is 1.13 bits per heavy atom. The lowest BCUT2D eigenvalue weighted by Crippen LogP contribution is -2.48. The molecule has 1 aromatic heterocycles. The molecule has 1 aromatic carbocycles. The van der Waals surface area contributed by atoms with Crippen LogP contribution in [0.25, 0.3) is 0 Å². The highest BCUT2D eigenvalue weighted by molar-refractivity contribution is 7.88. The summed E-state index contributed by atoms with van der Waals surface area (Å²) < 4.78 is 27.6. The molecule has 1 atom stereocenters. The molecule has 122 valence electrons. The summed E-state index contributed by atoms with van der Waals surface area (Å²) in [6.45, 7) is 1.57. The van der Waals surface area contributed by atoms with Crippen molar-refractivity contribution in [3.05, 3.63) is 60.3 Å². The van der Waals surface area contributed by atoms with Gasteiger partial charge < -0.3 is 4.90 Å². The molecular formula is C17H21N3O2S. The van der Waals surface area contributed by atoms with E-state index in [0.717, 1.165) is 30.8 Å². The van der Waals surface area contributed by atoms with Gasteiger partial charge in [0, 0.05) is 25.3 Å². The number of pyridine rings is 1. The van der Waals surface area contributed by atoms with Gasteiger partial charge in [0.1, 0.15) is 5.82 Å². The number of hydrogen-bond donors (Lipinski definition) is 1. The molecule has 0 amide bonds. The van der Waals surface area contributed by atoms with Crippen LogP contribution in [0.5, 0.6) is 0 Å². The number of nitrogens with one attached hydrogen (secondary N) is 1. The van der Waals surface area contributed by atoms with E-state index in [-0.39, 0.29) is 11.8 Å². The van der Waals surface area contributed by atoms with Gasteiger partial charge >= 0.3 is 0 Å². The zero-order valence-electron chi connectivity index (χ0n) is 12.9. The fourth-order valence-corrected chi connectivity index (χ4v) is 4.33. The van der Waals surface area contributed by atoms with Gasteiger partial charge in [0.15, 0.2) is 0 Å². The van der Waals surface area contributed by atoms with Crippen molar-refractivity contribution in [1.29, 1.82) is 0 Å². The molecule has 3 rings (SSSR count). The van der Waals surface area contributed by atoms with Gasteiger partial charge in [0.2, 0.25) is 10.0 Å². The van der Waals surface area contributed by atoms with E-state index in [9.17, 15) is 8.42 Å². The second kappa shape index (κ2) is 7.10. The smallest absolute Gasteiger partial charge is 0.216 e. The first kappa shape index (κ1) is 16.0. The van der Waals surface area contributed by atoms with Crippen molar-refractivity contribution in [3.8, 4) is 0 Å². The number of benzene rings is 1. The average Bonchev–Trinajstić information content (AvgIpc) is 2.56. The highest BCUT2D eigenvalue weighted by Gasteiger charge is 2.24. The van der Waals surface area contributed by atoms with Crippen LogP contribution in [0.15, 0.2) is 54.7 Å². The van der Waals surface area contributed by atoms with Gasteiger partial charge in [-0.3, -0.25) is 0 Å². The van der Waals surface area contributed by atoms with Crippen LogP contribution >= 0.6 is 0 Å². The second-order valence-electron chi connectivity index (χ2n) is 5.84. The first-order chi connectivity index (χ1) is 11.1. The number of piperidine rings is 1. The van der Waals surface area contributed by atoms with Crippen LogP contribution in [0.1, 0.15) is 18.4 Å². The minimum atomic E-state index is -3.34. The molecule has 0 spiro atoms. The van der Waals surface area contributed by atoms with Crippen LogP contribution in [0.2, 0.25) is 0 Å². The normalized spacial score (nSPS) is 18.8. The maximum Gasteiger partial charge on any atom is 0.216 e. The zero-order chi connectivity index (χ0) is 16.1. The summed E-state index contributed by atoms with van der Waals surface area (Å²) in [6, 6.07) is 15.0. The third-order valence-corrected chi connectivity index (χ3v) is 5.35. The van der Waals surface area contributed by atoms with Gasteiger partial charge in [-0.1, -0.05) is 36.4 Å². The maximum atomic E-state index is 12.4. The summed E-state index contributed by atoms with van der Waals surface area (Å²) in [5.74, 6) is 0.924. The highest BCUT2D eigenvalue weighted by atomic mass is 32.2. The molecule has 1 aliphatic heterocycles. The van der Waals surface area contributed by atoms with Crippen LogP contribution in [-0.2, 0) is 15.8 Å². The van der Waals surface area contributed by atoms with Gasteiger partial charge in [-0.2, -0.15) is 0 Å². The Kier molecular flexibility index (Phi) is 4.93. The molecule has 6 heteroatoms. The molecule has 0 bridgehead atoms. The van der Waals surface area contributed by atoms with Gasteiger partial charge in [-0.05, 0) is 30.5 Å². The predicted molar refractivity (Wildman–Crippen MR) is 91.7 cm³/mol. The van der Waals surface area contributed by atoms with Crippen molar-refractivity contribution in [2.45, 2.75) is 24.6 Å². The molecule has 23 heavy (non-hydrogen) atoms. The summed E-state index contributed by atoms with van der Waals surface area (Å²) in [5.41, 5.74) is 0.803. The van der Waals surface area contributed by atoms with E-state index in [1.54, 1.807) is 6.20 Å². The van der Waals surface area contributed by atoms with Crippen molar-refractivity contribution in [2.75, 3.05) is 18.0 Å². The molecule has 5 nitrogen and oxygen atoms in total. The maximum absolute atomic E-state index is 12.4. The van der Waals surface area contributed by atoms with Crippen molar-refractivity contribution >= 4 is 15.8 Å². The van der Waals surface area contributed by atoms with Crippen molar-refractivity contribution in [3.63, 3.8) is 0 Å². The lowest BCUT2D eigenvalue weighted by molar-refractivity contribution is 0.464. The van der Waals surface area contributed by atoms with E-state index in [0.29, 0.717) is 6.54 Å². The number of aromatic nitrogens is 1. The summed E-state index contributed by atoms with van der Waals surface area (Å²) in [7, 11) is -3.34. The van der Waals surface area contributed by atoms with Gasteiger partial charge in [0.25, 0.3) is 0 Å². The first-order valence-corrected chi connectivity index (χ1v) is 9.47. The molecule has 0 unspecified atom stereocenters. The Hall–Kier alpha value is -1.92. The zero-order valence-corrected chi connectivity index (χ0v) is 13.7. The SMILES string of the molecule is O=S(=O)(Cc1ccccc1)N[C@H]1CCCN(c2ccccn2)C1. The predicted octanol–water partition coefficient (Wildman–Crippen LogP) is 2.17. The Balaban J connectivity index is 1.63. The summed E-state index contributed by atoms with van der Waals surface area (Å²) in [5, 5.41) is 0. The summed E-state index contributed by atoms with van der Waals surface area (Å²) >= 11 is 0. The van der Waals surface area contributed by atoms with Crippen molar-refractivity contribution < 1.29 is 8.42 Å². The standard InChI is InChI=1S/C17H21N3O2S/c21-23(22,14-15-7-2-1-3-8-15)19-16-9-6-12-20(13-16)17-10-4-5-11-18-17/h1-5,7-8,10-11,16,19H,6,9,12-14H2/t16-/m0/s1. The Morgan fingerprint density at radius 3 is 2.65 bits per heavy atom. The molecule has 0 radical (unpaired) electrons. The van der Waals surface area contributed by atoms with Crippen molar-refractivity contribution in [1.82, 2.24) is 9.71 Å². The molecular weight excluding hydrogens is 310 g/mol. The van der Waals surface area contributed by atoms with Gasteiger partial charge in [-0.15, -0.1) is 0 Å². The van der Waals surface area contributed by atoms with E-state index >= 15 is 0 Å². The topological polar surface area (TPSA) is 62.3 Å². The average molecular weight is 331 g/mol. The third kappa shape index (κ3) is 4.53. The molecule has 0 saturated carbocycles. The number of sulfonamides is 1. The molecule has 2 aromatic rings. The molecule has 2 heterocycles. The van der Waals surface area contributed by atoms with E-state index in [4.69, 9.17) is 0 Å². The molecule has 1 saturated heterocycles. The minimum absolute atomic E-state index is 0.0218.